The Balaban J connectivity index is 0. The summed E-state index contributed by atoms with van der Waals surface area (Å²) >= 11 is 0. The van der Waals surface area contributed by atoms with Gasteiger partial charge in [0.1, 0.15) is 0 Å². The van der Waals surface area contributed by atoms with Crippen LogP contribution >= 0.6 is 0 Å². The molecule has 0 aromatic rings. The molecule has 0 saturated heterocycles. The Morgan fingerprint density at radius 2 is 1.00 bits per heavy atom. The second-order valence-corrected chi connectivity index (χ2v) is 0. The summed E-state index contributed by atoms with van der Waals surface area (Å²) in [4.78, 5) is 0. The van der Waals surface area contributed by atoms with Crippen molar-refractivity contribution in [3.8, 4) is 0 Å². The smallest absolute Gasteiger partial charge is 0 e. The molecular weight excluding hydrogens is 604 g/mol. The minimum atomic E-state index is 0. The minimum Gasteiger partial charge on any atom is 0 e. The van der Waals surface area contributed by atoms with Crippen molar-refractivity contribution < 1.29 is 83.5 Å². The molecule has 0 bridgehead atoms. The fourth-order valence-corrected chi connectivity index (χ4v) is 0. The first-order chi connectivity index (χ1) is 0. The largest absolute Gasteiger partial charge is 0 e. The summed E-state index contributed by atoms with van der Waals surface area (Å²) in [6.07, 6.45) is 0. The van der Waals surface area contributed by atoms with Gasteiger partial charge in [0, 0.05) is 135 Å². The van der Waals surface area contributed by atoms with Crippen LogP contribution in [0.25, 0.3) is 0 Å². The van der Waals surface area contributed by atoms with Crippen molar-refractivity contribution in [2.45, 2.75) is 0 Å². The first-order valence-corrected chi connectivity index (χ1v) is 0. The monoisotopic (exact) mass is 605 g/mol. The summed E-state index contributed by atoms with van der Waals surface area (Å²) in [6, 6.07) is 0. The van der Waals surface area contributed by atoms with Gasteiger partial charge in [-0.25, -0.2) is 0 Å². The standard InChI is InChI=1S/La.Pb.Sn.Ti.Zr. The summed E-state index contributed by atoms with van der Waals surface area (Å²) in [5.74, 6) is 0. The van der Waals surface area contributed by atoms with Gasteiger partial charge >= 0.3 is 0 Å². The van der Waals surface area contributed by atoms with Gasteiger partial charge in [0.2, 0.25) is 0 Å². The molecule has 0 aliphatic carbocycles. The van der Waals surface area contributed by atoms with Gasteiger partial charge in [0.15, 0.2) is 0 Å². The van der Waals surface area contributed by atoms with Gasteiger partial charge in [0.05, 0.1) is 0 Å². The maximum Gasteiger partial charge on any atom is 0 e. The summed E-state index contributed by atoms with van der Waals surface area (Å²) in [5, 5.41) is 0. The van der Waals surface area contributed by atoms with Crippen LogP contribution < -0.4 is 0 Å². The molecule has 0 rings (SSSR count). The van der Waals surface area contributed by atoms with Gasteiger partial charge < -0.3 is 0 Å². The van der Waals surface area contributed by atoms with Crippen LogP contribution in [-0.4, -0.2) is 51.2 Å². The van der Waals surface area contributed by atoms with E-state index in [1.165, 1.54) is 0 Å². The van der Waals surface area contributed by atoms with E-state index in [0.717, 1.165) is 0 Å². The molecule has 0 spiro atoms. The van der Waals surface area contributed by atoms with Crippen LogP contribution in [-0.2, 0) is 47.9 Å². The third-order valence-electron chi connectivity index (χ3n) is 0. The van der Waals surface area contributed by atoms with E-state index in [1.54, 1.807) is 0 Å². The topological polar surface area (TPSA) is 0 Å². The maximum absolute atomic E-state index is 0. The second-order valence-electron chi connectivity index (χ2n) is 0. The molecule has 0 heterocycles. The molecule has 5 heteroatoms. The van der Waals surface area contributed by atoms with Gasteiger partial charge in [-0.05, 0) is 0 Å². The Labute approximate surface area is 131 Å². The molecule has 5 heavy (non-hydrogen) atoms. The Hall–Kier alpha value is 4.51. The average Bonchev–Trinajstić information content (AvgIpc) is 0. The average molecular weight is 604 g/mol. The Morgan fingerprint density at radius 3 is 1.00 bits per heavy atom. The van der Waals surface area contributed by atoms with Gasteiger partial charge in [0.25, 0.3) is 0 Å². The number of hydrogen-bond acceptors (Lipinski definition) is 0. The Bertz CT molecular complexity index is 11.6. The van der Waals surface area contributed by atoms with E-state index in [0.29, 0.717) is 0 Å². The molecule has 0 N–H and O–H groups in total. The Kier molecular flexibility index (Phi) is 160. The molecule has 0 nitrogen and oxygen atoms in total. The van der Waals surface area contributed by atoms with E-state index < -0.39 is 0 Å². The van der Waals surface area contributed by atoms with Crippen molar-refractivity contribution >= 4 is 51.2 Å². The zero-order valence-electron chi connectivity index (χ0n) is 2.58. The van der Waals surface area contributed by atoms with Crippen molar-refractivity contribution in [3.05, 3.63) is 0 Å². The third kappa shape index (κ3) is 17.7. The van der Waals surface area contributed by atoms with Crippen LogP contribution in [0.2, 0.25) is 0 Å². The summed E-state index contributed by atoms with van der Waals surface area (Å²) in [5.41, 5.74) is 0. The molecule has 0 aromatic heterocycles. The molecule has 0 unspecified atom stereocenters. The van der Waals surface area contributed by atoms with E-state index >= 15 is 0 Å². The zero-order valence-corrected chi connectivity index (χ0v) is 17.0. The van der Waals surface area contributed by atoms with Crippen LogP contribution in [0.1, 0.15) is 0 Å². The minimum absolute atomic E-state index is 0. The zero-order chi connectivity index (χ0) is 0. The molecule has 0 fully saturated rings. The van der Waals surface area contributed by atoms with Crippen LogP contribution in [0.3, 0.4) is 0 Å². The molecule has 0 aromatic carbocycles. The predicted molar refractivity (Wildman–Crippen MR) is 11.5 cm³/mol. The van der Waals surface area contributed by atoms with Crippen molar-refractivity contribution in [2.75, 3.05) is 0 Å². The van der Waals surface area contributed by atoms with Crippen molar-refractivity contribution in [1.29, 1.82) is 0 Å². The molecule has 0 aliphatic rings. The third-order valence-corrected chi connectivity index (χ3v) is 0. The van der Waals surface area contributed by atoms with Crippen LogP contribution in [0, 0.1) is 35.6 Å². The summed E-state index contributed by atoms with van der Waals surface area (Å²) in [7, 11) is 0. The van der Waals surface area contributed by atoms with Crippen LogP contribution in [0.4, 0.5) is 0 Å². The van der Waals surface area contributed by atoms with Crippen molar-refractivity contribution in [3.63, 3.8) is 0 Å². The quantitative estimate of drug-likeness (QED) is 0.320. The van der Waals surface area contributed by atoms with E-state index in [4.69, 9.17) is 0 Å². The summed E-state index contributed by atoms with van der Waals surface area (Å²) in [6.45, 7) is 0. The molecule has 0 saturated carbocycles. The van der Waals surface area contributed by atoms with Crippen molar-refractivity contribution in [2.24, 2.45) is 0 Å². The first-order valence-electron chi connectivity index (χ1n) is 0. The SMILES string of the molecule is [La].[Pb].[Sn].[Ti].[Zr]. The van der Waals surface area contributed by atoms with Gasteiger partial charge in [-0.3, -0.25) is 0 Å². The van der Waals surface area contributed by atoms with Crippen LogP contribution in [0.15, 0.2) is 0 Å². The van der Waals surface area contributed by atoms with Gasteiger partial charge in [-0.2, -0.15) is 0 Å². The molecule has 0 aliphatic heterocycles. The molecular formula is LaPbSnTiZr. The fraction of sp³-hybridized carbons (Fsp3) is 0. The molecule has 0 amide bonds. The normalized spacial score (nSPS) is 0. The number of rotatable bonds is 0. The van der Waals surface area contributed by atoms with E-state index in [1.807, 2.05) is 0 Å². The Morgan fingerprint density at radius 1 is 1.00 bits per heavy atom. The second kappa shape index (κ2) is 23.6. The molecule has 19 valence electrons. The fourth-order valence-electron chi connectivity index (χ4n) is 0. The van der Waals surface area contributed by atoms with E-state index in [9.17, 15) is 0 Å². The first kappa shape index (κ1) is 33.8. The van der Waals surface area contributed by atoms with E-state index in [2.05, 4.69) is 0 Å². The van der Waals surface area contributed by atoms with Crippen molar-refractivity contribution in [1.82, 2.24) is 0 Å². The van der Waals surface area contributed by atoms with Gasteiger partial charge in [-0.1, -0.05) is 0 Å². The van der Waals surface area contributed by atoms with Gasteiger partial charge in [-0.15, -0.1) is 0 Å². The molecule has 0 atom stereocenters. The van der Waals surface area contributed by atoms with Crippen LogP contribution in [0.5, 0.6) is 0 Å². The maximum atomic E-state index is 0. The van der Waals surface area contributed by atoms with E-state index in [-0.39, 0.29) is 135 Å². The summed E-state index contributed by atoms with van der Waals surface area (Å²) < 4.78 is 0. The molecule has 9 radical (unpaired) electrons. The predicted octanol–water partition coefficient (Wildman–Crippen LogP) is -0.767. The number of hydrogen-bond donors (Lipinski definition) is 0.